The molecule has 2 N–H and O–H groups in total. The Kier molecular flexibility index (Phi) is 3.49. The summed E-state index contributed by atoms with van der Waals surface area (Å²) >= 11 is 0. The Hall–Kier alpha value is -1.74. The van der Waals surface area contributed by atoms with Crippen molar-refractivity contribution >= 4 is 16.7 Å². The van der Waals surface area contributed by atoms with Crippen molar-refractivity contribution in [3.05, 3.63) is 42.1 Å². The van der Waals surface area contributed by atoms with Gasteiger partial charge in [0.1, 0.15) is 0 Å². The van der Waals surface area contributed by atoms with E-state index in [-0.39, 0.29) is 5.78 Å². The third kappa shape index (κ3) is 2.50. The third-order valence-electron chi connectivity index (χ3n) is 2.81. The van der Waals surface area contributed by atoms with Gasteiger partial charge in [-0.05, 0) is 18.6 Å². The van der Waals surface area contributed by atoms with E-state index in [0.717, 1.165) is 17.3 Å². The molecule has 0 radical (unpaired) electrons. The fraction of sp³-hybridized carbons (Fsp3) is 0.286. The zero-order valence-corrected chi connectivity index (χ0v) is 9.89. The first-order chi connectivity index (χ1) is 8.22. The Bertz CT molecular complexity index is 536. The number of benzene rings is 1. The molecule has 0 saturated carbocycles. The first-order valence-corrected chi connectivity index (χ1v) is 5.87. The number of fused-ring (bicyclic) bond motifs is 1. The van der Waals surface area contributed by atoms with Crippen molar-refractivity contribution in [2.24, 2.45) is 5.73 Å². The molecular weight excluding hydrogens is 212 g/mol. The number of ketones is 1. The number of nitrogens with zero attached hydrogens (tertiary/aromatic N) is 1. The quantitative estimate of drug-likeness (QED) is 0.818. The van der Waals surface area contributed by atoms with Gasteiger partial charge in [-0.25, -0.2) is 0 Å². The first-order valence-electron chi connectivity index (χ1n) is 5.87. The van der Waals surface area contributed by atoms with E-state index in [4.69, 9.17) is 5.73 Å². The lowest BCUT2D eigenvalue weighted by Gasteiger charge is -2.09. The molecule has 2 aromatic rings. The van der Waals surface area contributed by atoms with E-state index in [2.05, 4.69) is 4.98 Å². The van der Waals surface area contributed by atoms with Crippen LogP contribution < -0.4 is 5.73 Å². The van der Waals surface area contributed by atoms with Gasteiger partial charge in [-0.2, -0.15) is 0 Å². The monoisotopic (exact) mass is 228 g/mol. The van der Waals surface area contributed by atoms with Crippen LogP contribution in [0, 0.1) is 0 Å². The maximum atomic E-state index is 12.0. The van der Waals surface area contributed by atoms with Crippen molar-refractivity contribution in [2.75, 3.05) is 0 Å². The third-order valence-corrected chi connectivity index (χ3v) is 2.81. The SMILES string of the molecule is CCCC(N)C(=O)c1cnc2ccccc2c1. The molecule has 0 spiro atoms. The number of carbonyl (C=O) groups is 1. The summed E-state index contributed by atoms with van der Waals surface area (Å²) < 4.78 is 0. The van der Waals surface area contributed by atoms with Gasteiger partial charge < -0.3 is 5.73 Å². The van der Waals surface area contributed by atoms with Gasteiger partial charge in [0.25, 0.3) is 0 Å². The topological polar surface area (TPSA) is 56.0 Å². The predicted octanol–water partition coefficient (Wildman–Crippen LogP) is 2.54. The van der Waals surface area contributed by atoms with Crippen LogP contribution in [0.4, 0.5) is 0 Å². The maximum absolute atomic E-state index is 12.0. The summed E-state index contributed by atoms with van der Waals surface area (Å²) in [6.45, 7) is 2.02. The van der Waals surface area contributed by atoms with Crippen LogP contribution in [0.3, 0.4) is 0 Å². The number of hydrogen-bond acceptors (Lipinski definition) is 3. The Morgan fingerprint density at radius 2 is 2.18 bits per heavy atom. The number of hydrogen-bond donors (Lipinski definition) is 1. The zero-order chi connectivity index (χ0) is 12.3. The molecule has 3 nitrogen and oxygen atoms in total. The molecule has 0 amide bonds. The number of para-hydroxylation sites is 1. The maximum Gasteiger partial charge on any atom is 0.181 e. The molecule has 0 saturated heterocycles. The van der Waals surface area contributed by atoms with E-state index in [1.807, 2.05) is 37.3 Å². The van der Waals surface area contributed by atoms with Crippen LogP contribution in [-0.2, 0) is 0 Å². The highest BCUT2D eigenvalue weighted by atomic mass is 16.1. The molecule has 1 aromatic carbocycles. The fourth-order valence-corrected chi connectivity index (χ4v) is 1.86. The average Bonchev–Trinajstić information content (AvgIpc) is 2.37. The van der Waals surface area contributed by atoms with Crippen LogP contribution in [0.5, 0.6) is 0 Å². The molecule has 0 bridgehead atoms. The molecule has 1 heterocycles. The lowest BCUT2D eigenvalue weighted by molar-refractivity contribution is 0.0956. The van der Waals surface area contributed by atoms with Crippen molar-refractivity contribution in [1.29, 1.82) is 0 Å². The van der Waals surface area contributed by atoms with Crippen LogP contribution in [0.25, 0.3) is 10.9 Å². The highest BCUT2D eigenvalue weighted by molar-refractivity contribution is 6.01. The summed E-state index contributed by atoms with van der Waals surface area (Å²) in [5.74, 6) is -0.0231. The Morgan fingerprint density at radius 1 is 1.41 bits per heavy atom. The van der Waals surface area contributed by atoms with Gasteiger partial charge in [-0.15, -0.1) is 0 Å². The molecule has 1 aromatic heterocycles. The molecule has 2 rings (SSSR count). The molecule has 1 unspecified atom stereocenters. The van der Waals surface area contributed by atoms with Crippen molar-refractivity contribution in [3.63, 3.8) is 0 Å². The molecule has 0 aliphatic carbocycles. The molecule has 17 heavy (non-hydrogen) atoms. The van der Waals surface area contributed by atoms with E-state index in [0.29, 0.717) is 12.0 Å². The smallest absolute Gasteiger partial charge is 0.181 e. The van der Waals surface area contributed by atoms with E-state index in [9.17, 15) is 4.79 Å². The van der Waals surface area contributed by atoms with Crippen LogP contribution in [0.15, 0.2) is 36.5 Å². The lowest BCUT2D eigenvalue weighted by atomic mass is 10.0. The summed E-state index contributed by atoms with van der Waals surface area (Å²) in [6, 6.07) is 9.19. The fourth-order valence-electron chi connectivity index (χ4n) is 1.86. The normalized spacial score (nSPS) is 12.6. The lowest BCUT2D eigenvalue weighted by Crippen LogP contribution is -2.30. The molecule has 0 aliphatic rings. The standard InChI is InChI=1S/C14H16N2O/c1-2-5-12(15)14(17)11-8-10-6-3-4-7-13(10)16-9-11/h3-4,6-9,12H,2,5,15H2,1H3. The van der Waals surface area contributed by atoms with Crippen molar-refractivity contribution in [3.8, 4) is 0 Å². The van der Waals surface area contributed by atoms with Crippen LogP contribution in [-0.4, -0.2) is 16.8 Å². The Balaban J connectivity index is 2.33. The number of rotatable bonds is 4. The number of pyridine rings is 1. The van der Waals surface area contributed by atoms with E-state index in [1.54, 1.807) is 6.20 Å². The molecule has 0 aliphatic heterocycles. The Labute approximate surface area is 101 Å². The summed E-state index contributed by atoms with van der Waals surface area (Å²) in [5.41, 5.74) is 7.32. The van der Waals surface area contributed by atoms with E-state index in [1.165, 1.54) is 0 Å². The van der Waals surface area contributed by atoms with Crippen LogP contribution in [0.2, 0.25) is 0 Å². The van der Waals surface area contributed by atoms with Crippen molar-refractivity contribution < 1.29 is 4.79 Å². The largest absolute Gasteiger partial charge is 0.321 e. The van der Waals surface area contributed by atoms with Gasteiger partial charge >= 0.3 is 0 Å². The second kappa shape index (κ2) is 5.06. The molecule has 88 valence electrons. The second-order valence-corrected chi connectivity index (χ2v) is 4.18. The number of aromatic nitrogens is 1. The first kappa shape index (κ1) is 11.7. The van der Waals surface area contributed by atoms with Gasteiger partial charge in [-0.3, -0.25) is 9.78 Å². The van der Waals surface area contributed by atoms with Gasteiger partial charge in [0.05, 0.1) is 11.6 Å². The van der Waals surface area contributed by atoms with Gasteiger partial charge in [0.15, 0.2) is 5.78 Å². The summed E-state index contributed by atoms with van der Waals surface area (Å²) in [7, 11) is 0. The van der Waals surface area contributed by atoms with Crippen molar-refractivity contribution in [2.45, 2.75) is 25.8 Å². The van der Waals surface area contributed by atoms with E-state index < -0.39 is 6.04 Å². The van der Waals surface area contributed by atoms with Crippen molar-refractivity contribution in [1.82, 2.24) is 4.98 Å². The molecule has 3 heteroatoms. The molecular formula is C14H16N2O. The number of Topliss-reactive ketones (excluding diaryl/α,β-unsaturated/α-hetero) is 1. The van der Waals surface area contributed by atoms with Gasteiger partial charge in [0.2, 0.25) is 0 Å². The van der Waals surface area contributed by atoms with E-state index >= 15 is 0 Å². The Morgan fingerprint density at radius 3 is 2.94 bits per heavy atom. The minimum atomic E-state index is -0.414. The highest BCUT2D eigenvalue weighted by Gasteiger charge is 2.15. The van der Waals surface area contributed by atoms with Gasteiger partial charge in [0, 0.05) is 17.1 Å². The predicted molar refractivity (Wildman–Crippen MR) is 69.0 cm³/mol. The minimum Gasteiger partial charge on any atom is -0.321 e. The zero-order valence-electron chi connectivity index (χ0n) is 9.89. The minimum absolute atomic E-state index is 0.0231. The summed E-state index contributed by atoms with van der Waals surface area (Å²) in [5, 5.41) is 0.974. The number of carbonyl (C=O) groups excluding carboxylic acids is 1. The average molecular weight is 228 g/mol. The summed E-state index contributed by atoms with van der Waals surface area (Å²) in [6.07, 6.45) is 3.24. The summed E-state index contributed by atoms with van der Waals surface area (Å²) in [4.78, 5) is 16.3. The van der Waals surface area contributed by atoms with Crippen LogP contribution >= 0.6 is 0 Å². The molecule has 1 atom stereocenters. The van der Waals surface area contributed by atoms with Crippen LogP contribution in [0.1, 0.15) is 30.1 Å². The molecule has 0 fully saturated rings. The van der Waals surface area contributed by atoms with Gasteiger partial charge in [-0.1, -0.05) is 31.5 Å². The number of nitrogens with two attached hydrogens (primary N) is 1. The second-order valence-electron chi connectivity index (χ2n) is 4.18. The highest BCUT2D eigenvalue weighted by Crippen LogP contribution is 2.14.